The number of terminal acetylenes is 1. The molecule has 0 saturated carbocycles. The molecule has 0 aliphatic heterocycles. The topological polar surface area (TPSA) is 63.3 Å². The largest absolute Gasteiger partial charge is 0.480 e. The molecule has 0 fully saturated rings. The summed E-state index contributed by atoms with van der Waals surface area (Å²) in [6.45, 7) is 1.77. The average Bonchev–Trinajstić information content (AvgIpc) is 1.87. The third kappa shape index (κ3) is 3.10. The van der Waals surface area contributed by atoms with E-state index >= 15 is 0 Å². The van der Waals surface area contributed by atoms with Crippen LogP contribution in [0.2, 0.25) is 0 Å². The molecule has 0 amide bonds. The standard InChI is InChI=1S/C7H11NO2/c1-3-5(2)4-6(8)7(9)10/h1,5-6H,4,8H2,2H3,(H,9,10)/t5?,6-/m0/s1. The Morgan fingerprint density at radius 1 is 1.90 bits per heavy atom. The molecule has 0 aromatic carbocycles. The zero-order chi connectivity index (χ0) is 8.15. The third-order valence-electron chi connectivity index (χ3n) is 1.21. The third-order valence-corrected chi connectivity index (χ3v) is 1.21. The summed E-state index contributed by atoms with van der Waals surface area (Å²) in [6.07, 6.45) is 5.36. The number of aliphatic carboxylic acids is 1. The van der Waals surface area contributed by atoms with Crippen LogP contribution in [0.3, 0.4) is 0 Å². The molecule has 0 saturated heterocycles. The SMILES string of the molecule is C#CC(C)C[C@H](N)C(=O)O. The lowest BCUT2D eigenvalue weighted by Crippen LogP contribution is -2.31. The van der Waals surface area contributed by atoms with Crippen LogP contribution in [0.25, 0.3) is 0 Å². The van der Waals surface area contributed by atoms with Gasteiger partial charge in [0.2, 0.25) is 0 Å². The van der Waals surface area contributed by atoms with Crippen molar-refractivity contribution >= 4 is 5.97 Å². The van der Waals surface area contributed by atoms with E-state index in [1.54, 1.807) is 6.92 Å². The van der Waals surface area contributed by atoms with E-state index in [0.717, 1.165) is 0 Å². The number of carbonyl (C=O) groups is 1. The molecule has 0 bridgehead atoms. The van der Waals surface area contributed by atoms with Gasteiger partial charge in [-0.3, -0.25) is 4.79 Å². The molecule has 0 aromatic rings. The van der Waals surface area contributed by atoms with Gasteiger partial charge in [-0.25, -0.2) is 0 Å². The highest BCUT2D eigenvalue weighted by molar-refractivity contribution is 5.73. The zero-order valence-corrected chi connectivity index (χ0v) is 5.87. The van der Waals surface area contributed by atoms with Crippen molar-refractivity contribution in [2.45, 2.75) is 19.4 Å². The Bertz CT molecular complexity index is 159. The second-order valence-corrected chi connectivity index (χ2v) is 2.25. The summed E-state index contributed by atoms with van der Waals surface area (Å²) in [7, 11) is 0. The van der Waals surface area contributed by atoms with Crippen LogP contribution in [-0.4, -0.2) is 17.1 Å². The molecule has 56 valence electrons. The molecule has 3 N–H and O–H groups in total. The molecule has 0 rings (SSSR count). The first kappa shape index (κ1) is 8.99. The van der Waals surface area contributed by atoms with Gasteiger partial charge in [-0.15, -0.1) is 12.3 Å². The van der Waals surface area contributed by atoms with Gasteiger partial charge in [0.1, 0.15) is 6.04 Å². The van der Waals surface area contributed by atoms with Crippen LogP contribution < -0.4 is 5.73 Å². The van der Waals surface area contributed by atoms with E-state index in [1.165, 1.54) is 0 Å². The van der Waals surface area contributed by atoms with Gasteiger partial charge in [0.05, 0.1) is 0 Å². The predicted molar refractivity (Wildman–Crippen MR) is 38.2 cm³/mol. The number of carboxylic acids is 1. The first-order valence-corrected chi connectivity index (χ1v) is 3.02. The fourth-order valence-corrected chi connectivity index (χ4v) is 0.550. The summed E-state index contributed by atoms with van der Waals surface area (Å²) in [5.41, 5.74) is 5.20. The maximum absolute atomic E-state index is 10.2. The van der Waals surface area contributed by atoms with Crippen molar-refractivity contribution < 1.29 is 9.90 Å². The molecule has 10 heavy (non-hydrogen) atoms. The molecule has 3 heteroatoms. The quantitative estimate of drug-likeness (QED) is 0.546. The molecular formula is C7H11NO2. The molecule has 0 aliphatic carbocycles. The van der Waals surface area contributed by atoms with Crippen LogP contribution in [0.1, 0.15) is 13.3 Å². The van der Waals surface area contributed by atoms with Crippen molar-refractivity contribution in [2.75, 3.05) is 0 Å². The van der Waals surface area contributed by atoms with E-state index in [9.17, 15) is 4.79 Å². The van der Waals surface area contributed by atoms with Crippen molar-refractivity contribution in [3.8, 4) is 12.3 Å². The van der Waals surface area contributed by atoms with Crippen molar-refractivity contribution in [2.24, 2.45) is 11.7 Å². The Hall–Kier alpha value is -1.01. The van der Waals surface area contributed by atoms with E-state index < -0.39 is 12.0 Å². The van der Waals surface area contributed by atoms with Crippen molar-refractivity contribution in [3.63, 3.8) is 0 Å². The minimum absolute atomic E-state index is 0.0638. The minimum Gasteiger partial charge on any atom is -0.480 e. The molecule has 1 unspecified atom stereocenters. The van der Waals surface area contributed by atoms with Gasteiger partial charge in [0, 0.05) is 5.92 Å². The summed E-state index contributed by atoms with van der Waals surface area (Å²) >= 11 is 0. The maximum Gasteiger partial charge on any atom is 0.320 e. The van der Waals surface area contributed by atoms with E-state index in [1.807, 2.05) is 0 Å². The van der Waals surface area contributed by atoms with E-state index in [0.29, 0.717) is 6.42 Å². The van der Waals surface area contributed by atoms with Crippen molar-refractivity contribution in [1.82, 2.24) is 0 Å². The predicted octanol–water partition coefficient (Wildman–Crippen LogP) is 0.0577. The molecule has 3 nitrogen and oxygen atoms in total. The summed E-state index contributed by atoms with van der Waals surface area (Å²) < 4.78 is 0. The molecule has 0 spiro atoms. The molecular weight excluding hydrogens is 130 g/mol. The Morgan fingerprint density at radius 2 is 2.40 bits per heavy atom. The van der Waals surface area contributed by atoms with Crippen LogP contribution in [-0.2, 0) is 4.79 Å². The van der Waals surface area contributed by atoms with Crippen LogP contribution in [0.15, 0.2) is 0 Å². The average molecular weight is 141 g/mol. The summed E-state index contributed by atoms with van der Waals surface area (Å²) in [5.74, 6) is 1.35. The number of nitrogens with two attached hydrogens (primary N) is 1. The maximum atomic E-state index is 10.2. The highest BCUT2D eigenvalue weighted by atomic mass is 16.4. The molecule has 0 aliphatic rings. The molecule has 0 heterocycles. The molecule has 2 atom stereocenters. The van der Waals surface area contributed by atoms with Crippen LogP contribution in [0.4, 0.5) is 0 Å². The lowest BCUT2D eigenvalue weighted by atomic mass is 10.0. The van der Waals surface area contributed by atoms with Gasteiger partial charge in [-0.05, 0) is 6.42 Å². The second kappa shape index (κ2) is 3.91. The summed E-state index contributed by atoms with van der Waals surface area (Å²) in [4.78, 5) is 10.2. The van der Waals surface area contributed by atoms with Gasteiger partial charge >= 0.3 is 5.97 Å². The van der Waals surface area contributed by atoms with Gasteiger partial charge in [-0.1, -0.05) is 6.92 Å². The van der Waals surface area contributed by atoms with E-state index in [-0.39, 0.29) is 5.92 Å². The normalized spacial score (nSPS) is 15.3. The monoisotopic (exact) mass is 141 g/mol. The number of hydrogen-bond donors (Lipinski definition) is 2. The summed E-state index contributed by atoms with van der Waals surface area (Å²) in [6, 6.07) is -0.828. The number of carboxylic acid groups (broad SMARTS) is 1. The van der Waals surface area contributed by atoms with Crippen LogP contribution in [0.5, 0.6) is 0 Å². The van der Waals surface area contributed by atoms with Gasteiger partial charge < -0.3 is 10.8 Å². The highest BCUT2D eigenvalue weighted by Gasteiger charge is 2.13. The minimum atomic E-state index is -0.998. The molecule has 0 aromatic heterocycles. The van der Waals surface area contributed by atoms with E-state index in [2.05, 4.69) is 5.92 Å². The fraction of sp³-hybridized carbons (Fsp3) is 0.571. The van der Waals surface area contributed by atoms with Gasteiger partial charge in [0.15, 0.2) is 0 Å². The smallest absolute Gasteiger partial charge is 0.320 e. The number of hydrogen-bond acceptors (Lipinski definition) is 2. The Labute approximate surface area is 60.2 Å². The lowest BCUT2D eigenvalue weighted by molar-refractivity contribution is -0.138. The van der Waals surface area contributed by atoms with Crippen LogP contribution in [0, 0.1) is 18.3 Å². The van der Waals surface area contributed by atoms with Crippen molar-refractivity contribution in [3.05, 3.63) is 0 Å². The van der Waals surface area contributed by atoms with Gasteiger partial charge in [0.25, 0.3) is 0 Å². The Balaban J connectivity index is 3.70. The lowest BCUT2D eigenvalue weighted by Gasteiger charge is -2.07. The first-order chi connectivity index (χ1) is 4.57. The molecule has 0 radical (unpaired) electrons. The highest BCUT2D eigenvalue weighted by Crippen LogP contribution is 2.01. The fourth-order valence-electron chi connectivity index (χ4n) is 0.550. The van der Waals surface area contributed by atoms with Gasteiger partial charge in [-0.2, -0.15) is 0 Å². The summed E-state index contributed by atoms with van der Waals surface area (Å²) in [5, 5.41) is 8.33. The number of rotatable bonds is 3. The van der Waals surface area contributed by atoms with E-state index in [4.69, 9.17) is 17.3 Å². The zero-order valence-electron chi connectivity index (χ0n) is 5.87. The Morgan fingerprint density at radius 3 is 2.70 bits per heavy atom. The Kier molecular flexibility index (Phi) is 3.52. The van der Waals surface area contributed by atoms with Crippen LogP contribution >= 0.6 is 0 Å². The van der Waals surface area contributed by atoms with Crippen molar-refractivity contribution in [1.29, 1.82) is 0 Å². The second-order valence-electron chi connectivity index (χ2n) is 2.25. The first-order valence-electron chi connectivity index (χ1n) is 3.02.